The van der Waals surface area contributed by atoms with Crippen LogP contribution in [-0.2, 0) is 4.79 Å². The van der Waals surface area contributed by atoms with Crippen molar-refractivity contribution in [3.05, 3.63) is 54.2 Å². The molecule has 1 fully saturated rings. The fourth-order valence-corrected chi connectivity index (χ4v) is 2.87. The summed E-state index contributed by atoms with van der Waals surface area (Å²) in [6.07, 6.45) is 6.65. The van der Waals surface area contributed by atoms with Gasteiger partial charge in [0, 0.05) is 18.9 Å². The normalized spacial score (nSPS) is 20.9. The summed E-state index contributed by atoms with van der Waals surface area (Å²) in [5.74, 6) is -0.0194. The first-order valence-corrected chi connectivity index (χ1v) is 6.69. The number of aliphatic carboxylic acids is 1. The topological polar surface area (TPSA) is 66.6 Å². The van der Waals surface area contributed by atoms with Gasteiger partial charge in [-0.2, -0.15) is 0 Å². The molecule has 20 heavy (non-hydrogen) atoms. The molecule has 1 saturated heterocycles. The summed E-state index contributed by atoms with van der Waals surface area (Å²) in [5.41, 5.74) is 0.954. The number of furan rings is 1. The third-order valence-corrected chi connectivity index (χ3v) is 3.72. The molecule has 3 heterocycles. The highest BCUT2D eigenvalue weighted by Crippen LogP contribution is 2.34. The number of carbonyl (C=O) groups is 1. The van der Waals surface area contributed by atoms with Gasteiger partial charge in [0.25, 0.3) is 0 Å². The van der Waals surface area contributed by atoms with Crippen molar-refractivity contribution in [3.8, 4) is 0 Å². The summed E-state index contributed by atoms with van der Waals surface area (Å²) in [6, 6.07) is 6.86. The molecule has 1 aliphatic rings. The first-order chi connectivity index (χ1) is 9.77. The van der Waals surface area contributed by atoms with Crippen molar-refractivity contribution in [1.29, 1.82) is 0 Å². The monoisotopic (exact) mass is 272 g/mol. The Balaban J connectivity index is 2.00. The van der Waals surface area contributed by atoms with Crippen LogP contribution in [0.5, 0.6) is 0 Å². The lowest BCUT2D eigenvalue weighted by atomic mass is 10.0. The van der Waals surface area contributed by atoms with Crippen LogP contribution >= 0.6 is 0 Å². The molecular formula is C15H16N2O3. The molecule has 0 aliphatic carbocycles. The van der Waals surface area contributed by atoms with Crippen molar-refractivity contribution in [2.45, 2.75) is 24.9 Å². The fourth-order valence-electron chi connectivity index (χ4n) is 2.87. The number of nitrogens with zero attached hydrogens (tertiary/aromatic N) is 2. The Morgan fingerprint density at radius 2 is 2.35 bits per heavy atom. The van der Waals surface area contributed by atoms with Crippen molar-refractivity contribution in [2.24, 2.45) is 0 Å². The Bertz CT molecular complexity index is 568. The molecule has 1 aliphatic heterocycles. The second-order valence-corrected chi connectivity index (χ2v) is 4.94. The molecule has 2 aromatic heterocycles. The summed E-state index contributed by atoms with van der Waals surface area (Å²) in [7, 11) is 0. The quantitative estimate of drug-likeness (QED) is 0.925. The average molecular weight is 272 g/mol. The van der Waals surface area contributed by atoms with Gasteiger partial charge in [0.2, 0.25) is 0 Å². The molecule has 0 bridgehead atoms. The summed E-state index contributed by atoms with van der Waals surface area (Å²) in [4.78, 5) is 17.6. The molecule has 0 aromatic carbocycles. The van der Waals surface area contributed by atoms with E-state index in [0.717, 1.165) is 24.3 Å². The van der Waals surface area contributed by atoms with E-state index < -0.39 is 12.0 Å². The van der Waals surface area contributed by atoms with E-state index in [9.17, 15) is 9.90 Å². The second-order valence-electron chi connectivity index (χ2n) is 4.94. The molecule has 5 heteroatoms. The molecule has 2 atom stereocenters. The van der Waals surface area contributed by atoms with E-state index in [1.807, 2.05) is 29.2 Å². The van der Waals surface area contributed by atoms with Crippen LogP contribution in [-0.4, -0.2) is 33.5 Å². The van der Waals surface area contributed by atoms with E-state index in [-0.39, 0.29) is 6.04 Å². The van der Waals surface area contributed by atoms with Gasteiger partial charge in [-0.1, -0.05) is 6.07 Å². The Labute approximate surface area is 116 Å². The number of carboxylic acid groups (broad SMARTS) is 1. The van der Waals surface area contributed by atoms with Crippen molar-refractivity contribution in [3.63, 3.8) is 0 Å². The van der Waals surface area contributed by atoms with E-state index in [4.69, 9.17) is 4.42 Å². The lowest BCUT2D eigenvalue weighted by Crippen LogP contribution is -2.39. The SMILES string of the molecule is O=C(O)C1CCCN1C(c1cccnc1)c1ccco1. The number of hydrogen-bond donors (Lipinski definition) is 1. The molecule has 5 nitrogen and oxygen atoms in total. The minimum atomic E-state index is -0.775. The largest absolute Gasteiger partial charge is 0.480 e. The van der Waals surface area contributed by atoms with Crippen LogP contribution in [0.25, 0.3) is 0 Å². The minimum Gasteiger partial charge on any atom is -0.480 e. The van der Waals surface area contributed by atoms with Crippen molar-refractivity contribution < 1.29 is 14.3 Å². The van der Waals surface area contributed by atoms with Crippen LogP contribution in [0.4, 0.5) is 0 Å². The third kappa shape index (κ3) is 2.32. The third-order valence-electron chi connectivity index (χ3n) is 3.72. The maximum atomic E-state index is 11.4. The molecule has 1 N–H and O–H groups in total. The van der Waals surface area contributed by atoms with Crippen LogP contribution in [0.2, 0.25) is 0 Å². The summed E-state index contributed by atoms with van der Waals surface area (Å²) < 4.78 is 5.53. The summed E-state index contributed by atoms with van der Waals surface area (Å²) in [6.45, 7) is 0.747. The maximum Gasteiger partial charge on any atom is 0.320 e. The molecule has 0 radical (unpaired) electrons. The molecule has 0 amide bonds. The molecule has 0 saturated carbocycles. The number of pyridine rings is 1. The second kappa shape index (κ2) is 5.46. The number of carboxylic acids is 1. The minimum absolute atomic E-state index is 0.192. The van der Waals surface area contributed by atoms with Gasteiger partial charge in [0.05, 0.1) is 12.3 Å². The Kier molecular flexibility index (Phi) is 3.52. The van der Waals surface area contributed by atoms with Crippen LogP contribution in [0.15, 0.2) is 47.3 Å². The van der Waals surface area contributed by atoms with E-state index in [2.05, 4.69) is 4.98 Å². The smallest absolute Gasteiger partial charge is 0.320 e. The molecule has 0 spiro atoms. The zero-order valence-corrected chi connectivity index (χ0v) is 11.0. The Morgan fingerprint density at radius 1 is 1.45 bits per heavy atom. The highest BCUT2D eigenvalue weighted by Gasteiger charge is 2.37. The number of rotatable bonds is 4. The van der Waals surface area contributed by atoms with Crippen molar-refractivity contribution >= 4 is 5.97 Å². The zero-order chi connectivity index (χ0) is 13.9. The zero-order valence-electron chi connectivity index (χ0n) is 11.0. The average Bonchev–Trinajstić information content (AvgIpc) is 3.12. The van der Waals surface area contributed by atoms with E-state index in [1.54, 1.807) is 18.7 Å². The fraction of sp³-hybridized carbons (Fsp3) is 0.333. The predicted molar refractivity (Wildman–Crippen MR) is 72.2 cm³/mol. The van der Waals surface area contributed by atoms with Crippen LogP contribution < -0.4 is 0 Å². The first-order valence-electron chi connectivity index (χ1n) is 6.69. The lowest BCUT2D eigenvalue weighted by molar-refractivity contribution is -0.142. The molecule has 3 rings (SSSR count). The van der Waals surface area contributed by atoms with E-state index >= 15 is 0 Å². The molecule has 2 aromatic rings. The molecule has 104 valence electrons. The number of hydrogen-bond acceptors (Lipinski definition) is 4. The standard InChI is InChI=1S/C15H16N2O3/c18-15(19)12-5-2-8-17(12)14(13-6-3-9-20-13)11-4-1-7-16-10-11/h1,3-4,6-7,9-10,12,14H,2,5,8H2,(H,18,19). The number of likely N-dealkylation sites (tertiary alicyclic amines) is 1. The first kappa shape index (κ1) is 12.9. The molecular weight excluding hydrogens is 256 g/mol. The number of aromatic nitrogens is 1. The highest BCUT2D eigenvalue weighted by atomic mass is 16.4. The van der Waals surface area contributed by atoms with Crippen LogP contribution in [0, 0.1) is 0 Å². The van der Waals surface area contributed by atoms with Gasteiger partial charge in [0.1, 0.15) is 11.8 Å². The van der Waals surface area contributed by atoms with Gasteiger partial charge in [-0.05, 0) is 36.6 Å². The van der Waals surface area contributed by atoms with Gasteiger partial charge >= 0.3 is 5.97 Å². The molecule has 2 unspecified atom stereocenters. The van der Waals surface area contributed by atoms with Crippen LogP contribution in [0.3, 0.4) is 0 Å². The maximum absolute atomic E-state index is 11.4. The van der Waals surface area contributed by atoms with Crippen molar-refractivity contribution in [1.82, 2.24) is 9.88 Å². The predicted octanol–water partition coefficient (Wildman–Crippen LogP) is 2.31. The van der Waals surface area contributed by atoms with E-state index in [0.29, 0.717) is 6.42 Å². The van der Waals surface area contributed by atoms with Gasteiger partial charge in [0.15, 0.2) is 0 Å². The van der Waals surface area contributed by atoms with Crippen LogP contribution in [0.1, 0.15) is 30.2 Å². The Hall–Kier alpha value is -2.14. The van der Waals surface area contributed by atoms with E-state index in [1.165, 1.54) is 0 Å². The van der Waals surface area contributed by atoms with Gasteiger partial charge in [-0.15, -0.1) is 0 Å². The van der Waals surface area contributed by atoms with Gasteiger partial charge < -0.3 is 9.52 Å². The summed E-state index contributed by atoms with van der Waals surface area (Å²) in [5, 5.41) is 9.39. The van der Waals surface area contributed by atoms with Crippen molar-refractivity contribution in [2.75, 3.05) is 6.54 Å². The summed E-state index contributed by atoms with van der Waals surface area (Å²) >= 11 is 0. The Morgan fingerprint density at radius 3 is 3.00 bits per heavy atom. The highest BCUT2D eigenvalue weighted by molar-refractivity contribution is 5.74. The lowest BCUT2D eigenvalue weighted by Gasteiger charge is -2.29. The van der Waals surface area contributed by atoms with Gasteiger partial charge in [-0.3, -0.25) is 14.7 Å². The van der Waals surface area contributed by atoms with Gasteiger partial charge in [-0.25, -0.2) is 0 Å².